The first kappa shape index (κ1) is 14.2. The Hall–Kier alpha value is -0.860. The van der Waals surface area contributed by atoms with E-state index in [2.05, 4.69) is 43.1 Å². The molecule has 17 heavy (non-hydrogen) atoms. The highest BCUT2D eigenvalue weighted by molar-refractivity contribution is 5.21. The molecular formula is C15H25NO. The van der Waals surface area contributed by atoms with Crippen LogP contribution >= 0.6 is 0 Å². The van der Waals surface area contributed by atoms with Crippen LogP contribution in [-0.4, -0.2) is 29.7 Å². The van der Waals surface area contributed by atoms with Crippen molar-refractivity contribution in [1.29, 1.82) is 0 Å². The van der Waals surface area contributed by atoms with Gasteiger partial charge in [-0.2, -0.15) is 0 Å². The Labute approximate surface area is 105 Å². The van der Waals surface area contributed by atoms with Crippen LogP contribution in [0.15, 0.2) is 24.3 Å². The maximum Gasteiger partial charge on any atom is 0.0538 e. The summed E-state index contributed by atoms with van der Waals surface area (Å²) in [5.41, 5.74) is 2.68. The Morgan fingerprint density at radius 3 is 2.76 bits per heavy atom. The van der Waals surface area contributed by atoms with E-state index < -0.39 is 0 Å². The Morgan fingerprint density at radius 2 is 2.12 bits per heavy atom. The second kappa shape index (κ2) is 7.46. The summed E-state index contributed by atoms with van der Waals surface area (Å²) < 4.78 is 0. The summed E-state index contributed by atoms with van der Waals surface area (Å²) in [7, 11) is 2.14. The molecular weight excluding hydrogens is 210 g/mol. The Kier molecular flexibility index (Phi) is 6.23. The number of benzene rings is 1. The number of hydrogen-bond acceptors (Lipinski definition) is 2. The quantitative estimate of drug-likeness (QED) is 0.785. The molecule has 0 aromatic heterocycles. The molecule has 1 atom stereocenters. The highest BCUT2D eigenvalue weighted by atomic mass is 16.3. The van der Waals surface area contributed by atoms with Crippen LogP contribution in [0.2, 0.25) is 0 Å². The molecule has 0 radical (unpaired) electrons. The first-order valence-electron chi connectivity index (χ1n) is 6.54. The van der Waals surface area contributed by atoms with Crippen molar-refractivity contribution in [3.05, 3.63) is 35.4 Å². The third-order valence-corrected chi connectivity index (χ3v) is 3.08. The summed E-state index contributed by atoms with van der Waals surface area (Å²) in [6, 6.07) is 8.64. The van der Waals surface area contributed by atoms with E-state index >= 15 is 0 Å². The summed E-state index contributed by atoms with van der Waals surface area (Å²) in [6.45, 7) is 6.19. The van der Waals surface area contributed by atoms with E-state index in [9.17, 15) is 5.11 Å². The fraction of sp³-hybridized carbons (Fsp3) is 0.600. The number of nitrogens with zero attached hydrogens (tertiary/aromatic N) is 1. The summed E-state index contributed by atoms with van der Waals surface area (Å²) >= 11 is 0. The standard InChI is InChI=1S/C15H25NO/c1-4-15(17)9-6-10-16(3)12-14-8-5-7-13(2)11-14/h5,7-8,11,15,17H,4,6,9-10,12H2,1-3H3. The monoisotopic (exact) mass is 235 g/mol. The molecule has 0 aliphatic carbocycles. The molecule has 1 aromatic carbocycles. The van der Waals surface area contributed by atoms with Crippen molar-refractivity contribution >= 4 is 0 Å². The van der Waals surface area contributed by atoms with Crippen LogP contribution in [-0.2, 0) is 6.54 Å². The molecule has 1 unspecified atom stereocenters. The molecule has 0 fully saturated rings. The molecule has 1 aromatic rings. The summed E-state index contributed by atoms with van der Waals surface area (Å²) in [5.74, 6) is 0. The molecule has 2 heteroatoms. The van der Waals surface area contributed by atoms with E-state index in [1.165, 1.54) is 11.1 Å². The van der Waals surface area contributed by atoms with E-state index in [-0.39, 0.29) is 6.10 Å². The van der Waals surface area contributed by atoms with Gasteiger partial charge in [-0.3, -0.25) is 0 Å². The molecule has 0 heterocycles. The van der Waals surface area contributed by atoms with Gasteiger partial charge in [0.25, 0.3) is 0 Å². The van der Waals surface area contributed by atoms with Crippen molar-refractivity contribution in [2.24, 2.45) is 0 Å². The number of rotatable bonds is 7. The van der Waals surface area contributed by atoms with Crippen LogP contribution in [0.5, 0.6) is 0 Å². The first-order valence-corrected chi connectivity index (χ1v) is 6.54. The van der Waals surface area contributed by atoms with Crippen LogP contribution in [0.4, 0.5) is 0 Å². The van der Waals surface area contributed by atoms with Crippen molar-refractivity contribution in [2.45, 2.75) is 45.8 Å². The number of aryl methyl sites for hydroxylation is 1. The molecule has 2 nitrogen and oxygen atoms in total. The number of aliphatic hydroxyl groups is 1. The van der Waals surface area contributed by atoms with Gasteiger partial charge in [0.05, 0.1) is 6.10 Å². The zero-order chi connectivity index (χ0) is 12.7. The van der Waals surface area contributed by atoms with Gasteiger partial charge in [-0.25, -0.2) is 0 Å². The fourth-order valence-corrected chi connectivity index (χ4v) is 2.00. The molecule has 0 bridgehead atoms. The van der Waals surface area contributed by atoms with Gasteiger partial charge >= 0.3 is 0 Å². The van der Waals surface area contributed by atoms with Gasteiger partial charge in [0, 0.05) is 6.54 Å². The zero-order valence-corrected chi connectivity index (χ0v) is 11.3. The van der Waals surface area contributed by atoms with Crippen LogP contribution in [0, 0.1) is 6.92 Å². The smallest absolute Gasteiger partial charge is 0.0538 e. The summed E-state index contributed by atoms with van der Waals surface area (Å²) in [5, 5.41) is 9.48. The van der Waals surface area contributed by atoms with Crippen LogP contribution < -0.4 is 0 Å². The molecule has 0 amide bonds. The predicted molar refractivity (Wildman–Crippen MR) is 73.0 cm³/mol. The highest BCUT2D eigenvalue weighted by Crippen LogP contribution is 2.08. The lowest BCUT2D eigenvalue weighted by Crippen LogP contribution is -2.20. The van der Waals surface area contributed by atoms with E-state index in [0.717, 1.165) is 32.4 Å². The van der Waals surface area contributed by atoms with Gasteiger partial charge < -0.3 is 10.0 Å². The minimum Gasteiger partial charge on any atom is -0.393 e. The zero-order valence-electron chi connectivity index (χ0n) is 11.3. The van der Waals surface area contributed by atoms with Gasteiger partial charge in [0.15, 0.2) is 0 Å². The fourth-order valence-electron chi connectivity index (χ4n) is 2.00. The first-order chi connectivity index (χ1) is 8.11. The third-order valence-electron chi connectivity index (χ3n) is 3.08. The SMILES string of the molecule is CCC(O)CCCN(C)Cc1cccc(C)c1. The predicted octanol–water partition coefficient (Wildman–Crippen LogP) is 2.98. The maximum absolute atomic E-state index is 9.48. The van der Waals surface area contributed by atoms with Crippen LogP contribution in [0.3, 0.4) is 0 Å². The van der Waals surface area contributed by atoms with E-state index in [4.69, 9.17) is 0 Å². The molecule has 0 aliphatic heterocycles. The normalized spacial score (nSPS) is 13.0. The lowest BCUT2D eigenvalue weighted by Gasteiger charge is -2.17. The molecule has 0 spiro atoms. The largest absolute Gasteiger partial charge is 0.393 e. The summed E-state index contributed by atoms with van der Waals surface area (Å²) in [4.78, 5) is 2.32. The molecule has 0 saturated carbocycles. The molecule has 0 saturated heterocycles. The summed E-state index contributed by atoms with van der Waals surface area (Å²) in [6.07, 6.45) is 2.72. The Morgan fingerprint density at radius 1 is 1.35 bits per heavy atom. The number of aliphatic hydroxyl groups excluding tert-OH is 1. The topological polar surface area (TPSA) is 23.5 Å². The van der Waals surface area contributed by atoms with Gasteiger partial charge in [0.2, 0.25) is 0 Å². The average Bonchev–Trinajstić information content (AvgIpc) is 2.28. The second-order valence-corrected chi connectivity index (χ2v) is 4.93. The maximum atomic E-state index is 9.48. The average molecular weight is 235 g/mol. The highest BCUT2D eigenvalue weighted by Gasteiger charge is 2.03. The van der Waals surface area contributed by atoms with Crippen molar-refractivity contribution in [1.82, 2.24) is 4.90 Å². The Balaban J connectivity index is 2.27. The molecule has 0 aliphatic rings. The van der Waals surface area contributed by atoms with Crippen LogP contribution in [0.25, 0.3) is 0 Å². The van der Waals surface area contributed by atoms with Gasteiger partial charge in [-0.05, 0) is 45.3 Å². The van der Waals surface area contributed by atoms with E-state index in [1.54, 1.807) is 0 Å². The van der Waals surface area contributed by atoms with Crippen molar-refractivity contribution in [3.63, 3.8) is 0 Å². The molecule has 96 valence electrons. The Bertz CT molecular complexity index is 324. The minimum atomic E-state index is -0.123. The molecule has 1 N–H and O–H groups in total. The van der Waals surface area contributed by atoms with Crippen molar-refractivity contribution < 1.29 is 5.11 Å². The lowest BCUT2D eigenvalue weighted by atomic mass is 10.1. The lowest BCUT2D eigenvalue weighted by molar-refractivity contribution is 0.151. The van der Waals surface area contributed by atoms with Crippen LogP contribution in [0.1, 0.15) is 37.3 Å². The van der Waals surface area contributed by atoms with Crippen molar-refractivity contribution in [2.75, 3.05) is 13.6 Å². The van der Waals surface area contributed by atoms with Gasteiger partial charge in [-0.1, -0.05) is 36.8 Å². The van der Waals surface area contributed by atoms with E-state index in [0.29, 0.717) is 0 Å². The van der Waals surface area contributed by atoms with Crippen molar-refractivity contribution in [3.8, 4) is 0 Å². The molecule has 1 rings (SSSR count). The van der Waals surface area contributed by atoms with Gasteiger partial charge in [-0.15, -0.1) is 0 Å². The third kappa shape index (κ3) is 5.85. The number of hydrogen-bond donors (Lipinski definition) is 1. The van der Waals surface area contributed by atoms with E-state index in [1.807, 2.05) is 6.92 Å². The second-order valence-electron chi connectivity index (χ2n) is 4.93. The van der Waals surface area contributed by atoms with Gasteiger partial charge in [0.1, 0.15) is 0 Å². The minimum absolute atomic E-state index is 0.123.